The summed E-state index contributed by atoms with van der Waals surface area (Å²) in [5, 5.41) is -0.0689. The van der Waals surface area contributed by atoms with Gasteiger partial charge in [0.05, 0.1) is 18.2 Å². The molecule has 0 spiro atoms. The van der Waals surface area contributed by atoms with Gasteiger partial charge in [0, 0.05) is 18.7 Å². The van der Waals surface area contributed by atoms with Gasteiger partial charge in [-0.2, -0.15) is 0 Å². The second-order valence-corrected chi connectivity index (χ2v) is 6.14. The SMILES string of the molecule is O=C(O[C@@H](C(=O)N1CCOCC1)c1ccccc1)c1c(F)cccc1Cl. The van der Waals surface area contributed by atoms with Gasteiger partial charge in [-0.1, -0.05) is 48.0 Å². The zero-order valence-electron chi connectivity index (χ0n) is 13.9. The molecule has 0 aliphatic carbocycles. The number of carbonyl (C=O) groups excluding carboxylic acids is 2. The van der Waals surface area contributed by atoms with E-state index in [0.29, 0.717) is 31.9 Å². The van der Waals surface area contributed by atoms with Gasteiger partial charge in [0.15, 0.2) is 0 Å². The molecule has 3 rings (SSSR count). The van der Waals surface area contributed by atoms with Crippen molar-refractivity contribution in [1.29, 1.82) is 0 Å². The fourth-order valence-electron chi connectivity index (χ4n) is 2.70. The number of esters is 1. The molecule has 1 aliphatic heterocycles. The summed E-state index contributed by atoms with van der Waals surface area (Å²) >= 11 is 5.93. The van der Waals surface area contributed by atoms with E-state index in [-0.39, 0.29) is 16.5 Å². The van der Waals surface area contributed by atoms with E-state index in [0.717, 1.165) is 6.07 Å². The number of halogens is 2. The first-order chi connectivity index (χ1) is 12.6. The summed E-state index contributed by atoms with van der Waals surface area (Å²) in [6, 6.07) is 12.5. The van der Waals surface area contributed by atoms with E-state index in [1.807, 2.05) is 0 Å². The Balaban J connectivity index is 1.88. The van der Waals surface area contributed by atoms with E-state index >= 15 is 0 Å². The lowest BCUT2D eigenvalue weighted by Gasteiger charge is -2.30. The monoisotopic (exact) mass is 377 g/mol. The summed E-state index contributed by atoms with van der Waals surface area (Å²) in [5.41, 5.74) is 0.120. The zero-order chi connectivity index (χ0) is 18.5. The molecule has 0 saturated carbocycles. The van der Waals surface area contributed by atoms with Gasteiger partial charge in [0.2, 0.25) is 6.10 Å². The van der Waals surface area contributed by atoms with Crippen molar-refractivity contribution < 1.29 is 23.5 Å². The topological polar surface area (TPSA) is 55.8 Å². The summed E-state index contributed by atoms with van der Waals surface area (Å²) in [5.74, 6) is -2.16. The fraction of sp³-hybridized carbons (Fsp3) is 0.263. The number of rotatable bonds is 4. The van der Waals surface area contributed by atoms with Crippen LogP contribution in [0.1, 0.15) is 22.0 Å². The Morgan fingerprint density at radius 1 is 1.08 bits per heavy atom. The van der Waals surface area contributed by atoms with Crippen molar-refractivity contribution in [2.75, 3.05) is 26.3 Å². The largest absolute Gasteiger partial charge is 0.444 e. The second-order valence-electron chi connectivity index (χ2n) is 5.73. The first kappa shape index (κ1) is 18.4. The molecule has 1 atom stereocenters. The van der Waals surface area contributed by atoms with Crippen molar-refractivity contribution in [2.45, 2.75) is 6.10 Å². The van der Waals surface area contributed by atoms with Gasteiger partial charge in [-0.25, -0.2) is 9.18 Å². The van der Waals surface area contributed by atoms with Crippen molar-refractivity contribution in [3.63, 3.8) is 0 Å². The van der Waals surface area contributed by atoms with E-state index in [9.17, 15) is 14.0 Å². The van der Waals surface area contributed by atoms with Crippen LogP contribution in [0, 0.1) is 5.82 Å². The van der Waals surface area contributed by atoms with Crippen LogP contribution in [0.4, 0.5) is 4.39 Å². The van der Waals surface area contributed by atoms with Crippen LogP contribution >= 0.6 is 11.6 Å². The molecule has 5 nitrogen and oxygen atoms in total. The van der Waals surface area contributed by atoms with Crippen LogP contribution < -0.4 is 0 Å². The maximum absolute atomic E-state index is 14.0. The van der Waals surface area contributed by atoms with Crippen molar-refractivity contribution in [3.8, 4) is 0 Å². The molecule has 0 bridgehead atoms. The van der Waals surface area contributed by atoms with Gasteiger partial charge in [0.1, 0.15) is 11.4 Å². The number of carbonyl (C=O) groups is 2. The lowest BCUT2D eigenvalue weighted by Crippen LogP contribution is -2.44. The molecule has 1 fully saturated rings. The van der Waals surface area contributed by atoms with Gasteiger partial charge in [-0.05, 0) is 12.1 Å². The average Bonchev–Trinajstić information content (AvgIpc) is 2.67. The summed E-state index contributed by atoms with van der Waals surface area (Å²) in [6.45, 7) is 1.64. The Morgan fingerprint density at radius 3 is 2.42 bits per heavy atom. The van der Waals surface area contributed by atoms with Crippen LogP contribution in [0.3, 0.4) is 0 Å². The maximum Gasteiger partial charge on any atom is 0.343 e. The Hall–Kier alpha value is -2.44. The molecule has 1 amide bonds. The second kappa shape index (κ2) is 8.29. The summed E-state index contributed by atoms with van der Waals surface area (Å²) in [4.78, 5) is 27.0. The minimum absolute atomic E-state index is 0.0689. The van der Waals surface area contributed by atoms with E-state index in [1.54, 1.807) is 35.2 Å². The Morgan fingerprint density at radius 2 is 1.77 bits per heavy atom. The minimum atomic E-state index is -1.18. The van der Waals surface area contributed by atoms with Gasteiger partial charge in [-0.3, -0.25) is 4.79 Å². The van der Waals surface area contributed by atoms with Gasteiger partial charge < -0.3 is 14.4 Å². The lowest BCUT2D eigenvalue weighted by atomic mass is 10.1. The van der Waals surface area contributed by atoms with Crippen LogP contribution in [0.15, 0.2) is 48.5 Å². The molecule has 136 valence electrons. The predicted octanol–water partition coefficient (Wildman–Crippen LogP) is 3.24. The van der Waals surface area contributed by atoms with Gasteiger partial charge in [-0.15, -0.1) is 0 Å². The molecule has 0 unspecified atom stereocenters. The summed E-state index contributed by atoms with van der Waals surface area (Å²) in [7, 11) is 0. The molecule has 26 heavy (non-hydrogen) atoms. The molecule has 2 aromatic carbocycles. The minimum Gasteiger partial charge on any atom is -0.444 e. The molecule has 1 saturated heterocycles. The normalized spacial score (nSPS) is 15.4. The number of hydrogen-bond donors (Lipinski definition) is 0. The van der Waals surface area contributed by atoms with Crippen LogP contribution in [0.5, 0.6) is 0 Å². The average molecular weight is 378 g/mol. The number of hydrogen-bond acceptors (Lipinski definition) is 4. The number of ether oxygens (including phenoxy) is 2. The first-order valence-corrected chi connectivity index (χ1v) is 8.52. The molecule has 7 heteroatoms. The van der Waals surface area contributed by atoms with Gasteiger partial charge in [0.25, 0.3) is 5.91 Å². The van der Waals surface area contributed by atoms with Crippen LogP contribution in [-0.4, -0.2) is 43.1 Å². The summed E-state index contributed by atoms with van der Waals surface area (Å²) in [6.07, 6.45) is -1.18. The van der Waals surface area contributed by atoms with Crippen molar-refractivity contribution in [1.82, 2.24) is 4.90 Å². The first-order valence-electron chi connectivity index (χ1n) is 8.14. The van der Waals surface area contributed by atoms with Crippen molar-refractivity contribution >= 4 is 23.5 Å². The molecule has 0 N–H and O–H groups in total. The van der Waals surface area contributed by atoms with Gasteiger partial charge >= 0.3 is 5.97 Å². The third kappa shape index (κ3) is 4.03. The highest BCUT2D eigenvalue weighted by Crippen LogP contribution is 2.26. The molecular weight excluding hydrogens is 361 g/mol. The zero-order valence-corrected chi connectivity index (χ0v) is 14.6. The highest BCUT2D eigenvalue weighted by atomic mass is 35.5. The number of benzene rings is 2. The Labute approximate surface area is 155 Å². The lowest BCUT2D eigenvalue weighted by molar-refractivity contribution is -0.145. The quantitative estimate of drug-likeness (QED) is 0.768. The van der Waals surface area contributed by atoms with E-state index in [1.165, 1.54) is 12.1 Å². The predicted molar refractivity (Wildman–Crippen MR) is 93.4 cm³/mol. The highest BCUT2D eigenvalue weighted by Gasteiger charge is 2.32. The number of nitrogens with zero attached hydrogens (tertiary/aromatic N) is 1. The Kier molecular flexibility index (Phi) is 5.85. The standard InChI is InChI=1S/C19H17ClFNO4/c20-14-7-4-8-15(21)16(14)19(24)26-17(13-5-2-1-3-6-13)18(23)22-9-11-25-12-10-22/h1-8,17H,9-12H2/t17-/m1/s1. The van der Waals surface area contributed by atoms with Crippen LogP contribution in [0.25, 0.3) is 0 Å². The molecule has 0 radical (unpaired) electrons. The van der Waals surface area contributed by atoms with Crippen LogP contribution in [-0.2, 0) is 14.3 Å². The Bertz CT molecular complexity index is 773. The smallest absolute Gasteiger partial charge is 0.343 e. The molecule has 2 aromatic rings. The van der Waals surface area contributed by atoms with Crippen molar-refractivity contribution in [2.24, 2.45) is 0 Å². The fourth-order valence-corrected chi connectivity index (χ4v) is 2.94. The third-order valence-electron chi connectivity index (χ3n) is 4.04. The van der Waals surface area contributed by atoms with E-state index in [4.69, 9.17) is 21.1 Å². The highest BCUT2D eigenvalue weighted by molar-refractivity contribution is 6.33. The van der Waals surface area contributed by atoms with Crippen LogP contribution in [0.2, 0.25) is 5.02 Å². The third-order valence-corrected chi connectivity index (χ3v) is 4.36. The van der Waals surface area contributed by atoms with E-state index in [2.05, 4.69) is 0 Å². The molecular formula is C19H17ClFNO4. The molecule has 0 aromatic heterocycles. The maximum atomic E-state index is 14.0. The van der Waals surface area contributed by atoms with E-state index < -0.39 is 17.9 Å². The molecule has 1 heterocycles. The molecule has 1 aliphatic rings. The summed E-state index contributed by atoms with van der Waals surface area (Å²) < 4.78 is 24.7. The van der Waals surface area contributed by atoms with Crippen molar-refractivity contribution in [3.05, 3.63) is 70.5 Å². The number of morpholine rings is 1. The number of amides is 1.